The molecule has 2 atom stereocenters. The number of piperidine rings is 1. The first-order valence-electron chi connectivity index (χ1n) is 6.74. The molecule has 1 aromatic heterocycles. The van der Waals surface area contributed by atoms with Crippen molar-refractivity contribution in [3.63, 3.8) is 0 Å². The van der Waals surface area contributed by atoms with Crippen LogP contribution in [0.5, 0.6) is 0 Å². The van der Waals surface area contributed by atoms with Crippen LogP contribution in [0.15, 0.2) is 12.3 Å². The van der Waals surface area contributed by atoms with Gasteiger partial charge in [-0.3, -0.25) is 0 Å². The molecule has 0 spiro atoms. The minimum atomic E-state index is 0.696. The molecule has 3 nitrogen and oxygen atoms in total. The van der Waals surface area contributed by atoms with Crippen LogP contribution in [0.1, 0.15) is 37.7 Å². The highest BCUT2D eigenvalue weighted by molar-refractivity contribution is 5.64. The first-order valence-corrected chi connectivity index (χ1v) is 6.74. The van der Waals surface area contributed by atoms with E-state index >= 15 is 0 Å². The van der Waals surface area contributed by atoms with Crippen LogP contribution in [0.25, 0.3) is 0 Å². The molecule has 0 aromatic carbocycles. The van der Waals surface area contributed by atoms with Crippen molar-refractivity contribution in [3.05, 3.63) is 17.8 Å². The van der Waals surface area contributed by atoms with E-state index in [1.807, 2.05) is 19.2 Å². The van der Waals surface area contributed by atoms with Gasteiger partial charge in [-0.15, -0.1) is 0 Å². The number of nitrogens with two attached hydrogens (primary N) is 1. The van der Waals surface area contributed by atoms with Crippen molar-refractivity contribution in [2.75, 3.05) is 17.2 Å². The molecule has 3 heteroatoms. The molecule has 0 radical (unpaired) electrons. The molecule has 17 heavy (non-hydrogen) atoms. The smallest absolute Gasteiger partial charge is 0.152 e. The molecule has 2 heterocycles. The third kappa shape index (κ3) is 1.88. The Morgan fingerprint density at radius 1 is 1.29 bits per heavy atom. The van der Waals surface area contributed by atoms with Gasteiger partial charge in [-0.25, -0.2) is 4.98 Å². The van der Waals surface area contributed by atoms with E-state index in [2.05, 4.69) is 9.88 Å². The molecule has 0 bridgehead atoms. The first-order chi connectivity index (χ1) is 8.25. The molecule has 1 saturated heterocycles. The summed E-state index contributed by atoms with van der Waals surface area (Å²) in [5, 5.41) is 0. The zero-order valence-corrected chi connectivity index (χ0v) is 10.5. The summed E-state index contributed by atoms with van der Waals surface area (Å²) in [5.41, 5.74) is 8.12. The van der Waals surface area contributed by atoms with E-state index in [-0.39, 0.29) is 0 Å². The number of aryl methyl sites for hydroxylation is 1. The number of hydrogen-bond acceptors (Lipinski definition) is 3. The van der Waals surface area contributed by atoms with E-state index in [4.69, 9.17) is 5.73 Å². The molecule has 1 aromatic rings. The molecule has 1 aliphatic carbocycles. The Kier molecular flexibility index (Phi) is 2.69. The topological polar surface area (TPSA) is 42.2 Å². The van der Waals surface area contributed by atoms with Gasteiger partial charge in [-0.1, -0.05) is 6.42 Å². The second-order valence-electron chi connectivity index (χ2n) is 5.52. The third-order valence-corrected chi connectivity index (χ3v) is 4.30. The van der Waals surface area contributed by atoms with Crippen LogP contribution in [-0.2, 0) is 0 Å². The number of rotatable bonds is 1. The summed E-state index contributed by atoms with van der Waals surface area (Å²) in [5.74, 6) is 1.90. The summed E-state index contributed by atoms with van der Waals surface area (Å²) >= 11 is 0. The molecule has 1 aliphatic heterocycles. The highest BCUT2D eigenvalue weighted by Gasteiger charge is 2.36. The summed E-state index contributed by atoms with van der Waals surface area (Å²) < 4.78 is 0. The van der Waals surface area contributed by atoms with Gasteiger partial charge in [0.25, 0.3) is 0 Å². The van der Waals surface area contributed by atoms with Crippen LogP contribution in [0.4, 0.5) is 11.5 Å². The van der Waals surface area contributed by atoms with Gasteiger partial charge in [0.05, 0.1) is 5.69 Å². The minimum Gasteiger partial charge on any atom is -0.396 e. The quantitative estimate of drug-likeness (QED) is 0.808. The largest absolute Gasteiger partial charge is 0.396 e. The van der Waals surface area contributed by atoms with Gasteiger partial charge >= 0.3 is 0 Å². The molecule has 2 fully saturated rings. The summed E-state index contributed by atoms with van der Waals surface area (Å²) in [6, 6.07) is 2.74. The average Bonchev–Trinajstić information content (AvgIpc) is 2.77. The SMILES string of the molecule is Cc1cnc(N2CCCC3CCCC32)c(N)c1. The number of hydrogen-bond donors (Lipinski definition) is 1. The number of fused-ring (bicyclic) bond motifs is 1. The second-order valence-corrected chi connectivity index (χ2v) is 5.52. The maximum absolute atomic E-state index is 6.13. The lowest BCUT2D eigenvalue weighted by atomic mass is 9.92. The van der Waals surface area contributed by atoms with Crippen molar-refractivity contribution in [3.8, 4) is 0 Å². The molecule has 2 unspecified atom stereocenters. The van der Waals surface area contributed by atoms with Crippen molar-refractivity contribution in [2.45, 2.75) is 45.1 Å². The van der Waals surface area contributed by atoms with Crippen molar-refractivity contribution in [1.82, 2.24) is 4.98 Å². The van der Waals surface area contributed by atoms with Crippen molar-refractivity contribution < 1.29 is 0 Å². The van der Waals surface area contributed by atoms with E-state index in [1.165, 1.54) is 32.1 Å². The lowest BCUT2D eigenvalue weighted by Gasteiger charge is -2.39. The molecule has 0 amide bonds. The first kappa shape index (κ1) is 10.9. The van der Waals surface area contributed by atoms with E-state index in [0.717, 1.165) is 29.5 Å². The Balaban J connectivity index is 1.91. The maximum Gasteiger partial charge on any atom is 0.152 e. The Bertz CT molecular complexity index is 416. The van der Waals surface area contributed by atoms with E-state index in [0.29, 0.717) is 6.04 Å². The summed E-state index contributed by atoms with van der Waals surface area (Å²) in [7, 11) is 0. The van der Waals surface area contributed by atoms with Gasteiger partial charge in [-0.2, -0.15) is 0 Å². The van der Waals surface area contributed by atoms with Gasteiger partial charge < -0.3 is 10.6 Å². The highest BCUT2D eigenvalue weighted by Crippen LogP contribution is 2.39. The van der Waals surface area contributed by atoms with E-state index in [1.54, 1.807) is 0 Å². The summed E-state index contributed by atoms with van der Waals surface area (Å²) in [6.45, 7) is 3.17. The van der Waals surface area contributed by atoms with Crippen LogP contribution in [0.3, 0.4) is 0 Å². The Hall–Kier alpha value is -1.25. The number of pyridine rings is 1. The average molecular weight is 231 g/mol. The number of aromatic nitrogens is 1. The highest BCUT2D eigenvalue weighted by atomic mass is 15.2. The van der Waals surface area contributed by atoms with Gasteiger partial charge in [-0.05, 0) is 50.2 Å². The zero-order chi connectivity index (χ0) is 11.8. The molecule has 2 N–H and O–H groups in total. The van der Waals surface area contributed by atoms with Crippen LogP contribution in [0, 0.1) is 12.8 Å². The number of nitrogens with zero attached hydrogens (tertiary/aromatic N) is 2. The predicted molar refractivity (Wildman–Crippen MR) is 71.1 cm³/mol. The molecule has 1 saturated carbocycles. The fourth-order valence-corrected chi connectivity index (χ4v) is 3.54. The minimum absolute atomic E-state index is 0.696. The monoisotopic (exact) mass is 231 g/mol. The van der Waals surface area contributed by atoms with Crippen LogP contribution < -0.4 is 10.6 Å². The van der Waals surface area contributed by atoms with Gasteiger partial charge in [0.15, 0.2) is 5.82 Å². The lowest BCUT2D eigenvalue weighted by Crippen LogP contribution is -2.43. The van der Waals surface area contributed by atoms with Crippen LogP contribution in [-0.4, -0.2) is 17.6 Å². The van der Waals surface area contributed by atoms with E-state index in [9.17, 15) is 0 Å². The Morgan fingerprint density at radius 3 is 2.94 bits per heavy atom. The van der Waals surface area contributed by atoms with Crippen molar-refractivity contribution in [1.29, 1.82) is 0 Å². The zero-order valence-electron chi connectivity index (χ0n) is 10.5. The Morgan fingerprint density at radius 2 is 2.12 bits per heavy atom. The Labute approximate surface area is 103 Å². The molecular weight excluding hydrogens is 210 g/mol. The lowest BCUT2D eigenvalue weighted by molar-refractivity contribution is 0.361. The molecule has 3 rings (SSSR count). The number of anilines is 2. The standard InChI is InChI=1S/C14H21N3/c1-10-8-12(15)14(16-9-10)17-7-3-5-11-4-2-6-13(11)17/h8-9,11,13H,2-7,15H2,1H3. The number of nitrogen functional groups attached to an aromatic ring is 1. The fourth-order valence-electron chi connectivity index (χ4n) is 3.54. The second kappa shape index (κ2) is 4.21. The van der Waals surface area contributed by atoms with Crippen molar-refractivity contribution >= 4 is 11.5 Å². The fraction of sp³-hybridized carbons (Fsp3) is 0.643. The maximum atomic E-state index is 6.13. The van der Waals surface area contributed by atoms with Crippen LogP contribution in [0.2, 0.25) is 0 Å². The van der Waals surface area contributed by atoms with Gasteiger partial charge in [0.2, 0.25) is 0 Å². The van der Waals surface area contributed by atoms with Gasteiger partial charge in [0.1, 0.15) is 0 Å². The van der Waals surface area contributed by atoms with E-state index < -0.39 is 0 Å². The van der Waals surface area contributed by atoms with Crippen molar-refractivity contribution in [2.24, 2.45) is 5.92 Å². The molecule has 92 valence electrons. The molecular formula is C14H21N3. The normalized spacial score (nSPS) is 28.2. The van der Waals surface area contributed by atoms with Gasteiger partial charge in [0, 0.05) is 18.8 Å². The molecule has 2 aliphatic rings. The predicted octanol–water partition coefficient (Wildman–Crippen LogP) is 2.74. The third-order valence-electron chi connectivity index (χ3n) is 4.30. The van der Waals surface area contributed by atoms with Crippen LogP contribution >= 0.6 is 0 Å². The summed E-state index contributed by atoms with van der Waals surface area (Å²) in [6.07, 6.45) is 8.71. The summed E-state index contributed by atoms with van der Waals surface area (Å²) in [4.78, 5) is 7.03.